The molecule has 2 atom stereocenters. The van der Waals surface area contributed by atoms with E-state index < -0.39 is 6.43 Å². The summed E-state index contributed by atoms with van der Waals surface area (Å²) >= 11 is 0. The second-order valence-electron chi connectivity index (χ2n) is 10.6. The zero-order chi connectivity index (χ0) is 25.0. The smallest absolute Gasteiger partial charge is 0.265 e. The van der Waals surface area contributed by atoms with E-state index in [0.717, 1.165) is 51.2 Å². The van der Waals surface area contributed by atoms with Gasteiger partial charge >= 0.3 is 0 Å². The van der Waals surface area contributed by atoms with Gasteiger partial charge in [-0.3, -0.25) is 4.79 Å². The van der Waals surface area contributed by atoms with Gasteiger partial charge in [0.1, 0.15) is 6.20 Å². The third-order valence-electron chi connectivity index (χ3n) is 8.12. The van der Waals surface area contributed by atoms with Gasteiger partial charge in [0.05, 0.1) is 30.6 Å². The number of aromatic nitrogens is 4. The summed E-state index contributed by atoms with van der Waals surface area (Å²) in [5, 5.41) is 4.31. The highest BCUT2D eigenvalue weighted by Crippen LogP contribution is 2.32. The fourth-order valence-corrected chi connectivity index (χ4v) is 6.03. The molecule has 10 heteroatoms. The number of alkyl halides is 2. The minimum Gasteiger partial charge on any atom is -0.374 e. The van der Waals surface area contributed by atoms with Crippen LogP contribution >= 0.6 is 0 Å². The predicted octanol–water partition coefficient (Wildman–Crippen LogP) is 3.11. The number of hydrogen-bond acceptors (Lipinski definition) is 5. The first-order valence-electron chi connectivity index (χ1n) is 12.9. The molecule has 192 valence electrons. The van der Waals surface area contributed by atoms with Gasteiger partial charge in [0.2, 0.25) is 17.7 Å². The Labute approximate surface area is 209 Å². The van der Waals surface area contributed by atoms with E-state index in [1.54, 1.807) is 21.5 Å². The first-order chi connectivity index (χ1) is 17.4. The number of rotatable bonds is 7. The highest BCUT2D eigenvalue weighted by Gasteiger charge is 2.39. The molecule has 3 aliphatic rings. The average Bonchev–Trinajstić information content (AvgIpc) is 3.66. The maximum Gasteiger partial charge on any atom is 0.265 e. The Morgan fingerprint density at radius 1 is 1.22 bits per heavy atom. The number of likely N-dealkylation sites (tertiary alicyclic amines) is 1. The number of carbonyl (C=O) groups is 1. The molecule has 0 unspecified atom stereocenters. The summed E-state index contributed by atoms with van der Waals surface area (Å²) in [4.78, 5) is 18.1. The molecule has 0 N–H and O–H groups in total. The number of nitrogens with zero attached hydrogens (tertiary/aromatic N) is 6. The quantitative estimate of drug-likeness (QED) is 0.369. The van der Waals surface area contributed by atoms with Crippen molar-refractivity contribution >= 4 is 11.5 Å². The van der Waals surface area contributed by atoms with Gasteiger partial charge in [-0.1, -0.05) is 0 Å². The van der Waals surface area contributed by atoms with Crippen molar-refractivity contribution in [3.8, 4) is 0 Å². The monoisotopic (exact) mass is 499 g/mol. The van der Waals surface area contributed by atoms with Crippen molar-refractivity contribution < 1.29 is 22.8 Å². The van der Waals surface area contributed by atoms with Crippen LogP contribution in [0.4, 0.5) is 14.5 Å². The highest BCUT2D eigenvalue weighted by atomic mass is 19.3. The molecule has 3 aliphatic heterocycles. The molecule has 0 aliphatic carbocycles. The Bertz CT molecular complexity index is 1260. The van der Waals surface area contributed by atoms with Gasteiger partial charge in [0.25, 0.3) is 6.43 Å². The Morgan fingerprint density at radius 3 is 2.69 bits per heavy atom. The van der Waals surface area contributed by atoms with E-state index in [0.29, 0.717) is 23.3 Å². The van der Waals surface area contributed by atoms with Crippen molar-refractivity contribution in [2.24, 2.45) is 0 Å². The van der Waals surface area contributed by atoms with E-state index in [9.17, 15) is 13.6 Å². The largest absolute Gasteiger partial charge is 0.374 e. The maximum atomic E-state index is 14.0. The zero-order valence-electron chi connectivity index (χ0n) is 20.8. The summed E-state index contributed by atoms with van der Waals surface area (Å²) in [6.45, 7) is 7.81. The third kappa shape index (κ3) is 4.20. The topological polar surface area (TPSA) is 59.1 Å². The Hall–Kier alpha value is -2.85. The molecule has 2 bridgehead atoms. The number of hydrogen-bond donors (Lipinski definition) is 0. The van der Waals surface area contributed by atoms with E-state index in [-0.39, 0.29) is 29.9 Å². The molecule has 3 fully saturated rings. The molecule has 3 aromatic heterocycles. The van der Waals surface area contributed by atoms with Crippen LogP contribution in [0.1, 0.15) is 67.2 Å². The summed E-state index contributed by atoms with van der Waals surface area (Å²) in [6.07, 6.45) is 8.96. The molecule has 6 rings (SSSR count). The molecular weight excluding hydrogens is 466 g/mol. The van der Waals surface area contributed by atoms with Gasteiger partial charge in [0.15, 0.2) is 0 Å². The Kier molecular flexibility index (Phi) is 6.03. The molecule has 0 amide bonds. The van der Waals surface area contributed by atoms with Crippen LogP contribution in [-0.4, -0.2) is 69.4 Å². The molecule has 0 saturated carbocycles. The molecule has 36 heavy (non-hydrogen) atoms. The third-order valence-corrected chi connectivity index (χ3v) is 8.12. The van der Waals surface area contributed by atoms with Gasteiger partial charge in [0, 0.05) is 61.2 Å². The van der Waals surface area contributed by atoms with E-state index in [2.05, 4.69) is 28.7 Å². The van der Waals surface area contributed by atoms with Crippen molar-refractivity contribution in [1.29, 1.82) is 0 Å². The lowest BCUT2D eigenvalue weighted by molar-refractivity contribution is -0.624. The number of carbonyl (C=O) groups excluding carboxylic acids is 1. The van der Waals surface area contributed by atoms with Crippen molar-refractivity contribution in [2.45, 2.75) is 70.2 Å². The first kappa shape index (κ1) is 23.5. The van der Waals surface area contributed by atoms with Gasteiger partial charge < -0.3 is 19.1 Å². The van der Waals surface area contributed by atoms with Gasteiger partial charge in [-0.15, -0.1) is 4.52 Å². The van der Waals surface area contributed by atoms with E-state index in [1.807, 2.05) is 23.0 Å². The van der Waals surface area contributed by atoms with E-state index >= 15 is 0 Å². The molecular formula is C26H33F2N6O2+. The number of ketones is 1. The number of anilines is 1. The average molecular weight is 500 g/mol. The summed E-state index contributed by atoms with van der Waals surface area (Å²) < 4.78 is 38.8. The number of morpholine rings is 1. The minimum atomic E-state index is -2.62. The molecule has 3 saturated heterocycles. The normalized spacial score (nSPS) is 23.1. The van der Waals surface area contributed by atoms with Crippen LogP contribution in [0.3, 0.4) is 0 Å². The predicted molar refractivity (Wildman–Crippen MR) is 129 cm³/mol. The van der Waals surface area contributed by atoms with Crippen molar-refractivity contribution in [2.75, 3.05) is 31.1 Å². The fraction of sp³-hybridized carbons (Fsp3) is 0.577. The highest BCUT2D eigenvalue weighted by molar-refractivity contribution is 5.94. The molecule has 3 aromatic rings. The number of ether oxygens (including phenoxy) is 1. The standard InChI is InChI=1S/C26H33F2N6O2/c1-17(2)30-6-3-19(4-7-30)31-12-18(23(15-31)26(27)28)9-25(35)24-11-29-34-8-5-20(13-33(24)34)32-14-22-10-21(32)16-36-22/h5,8,11-13,15,17,19,21-22,26H,3-4,6-7,9-10,14,16H2,1-2H3/q+1/t21-,22-/m1/s1. The van der Waals surface area contributed by atoms with E-state index in [4.69, 9.17) is 4.74 Å². The van der Waals surface area contributed by atoms with Crippen molar-refractivity contribution in [1.82, 2.24) is 19.2 Å². The lowest BCUT2D eigenvalue weighted by atomic mass is 10.0. The molecule has 6 heterocycles. The van der Waals surface area contributed by atoms with Gasteiger partial charge in [-0.25, -0.2) is 8.78 Å². The summed E-state index contributed by atoms with van der Waals surface area (Å²) in [7, 11) is 0. The maximum absolute atomic E-state index is 14.0. The SMILES string of the molecule is CC(C)N1CCC(n2cc(CC(=O)c3cnn4ccc(N5C[C@H]6C[C@@H]5CO6)c[n+]34)c(C(F)F)c2)CC1. The van der Waals surface area contributed by atoms with Crippen LogP contribution < -0.4 is 9.42 Å². The summed E-state index contributed by atoms with van der Waals surface area (Å²) in [5.41, 5.74) is 1.73. The second kappa shape index (κ2) is 9.23. The fourth-order valence-electron chi connectivity index (χ4n) is 6.03. The number of halogens is 2. The molecule has 0 radical (unpaired) electrons. The van der Waals surface area contributed by atoms with Crippen LogP contribution in [0.15, 0.2) is 37.1 Å². The van der Waals surface area contributed by atoms with Gasteiger partial charge in [-0.2, -0.15) is 0 Å². The first-order valence-corrected chi connectivity index (χ1v) is 12.9. The molecule has 8 nitrogen and oxygen atoms in total. The van der Waals surface area contributed by atoms with Crippen LogP contribution in [-0.2, 0) is 11.2 Å². The van der Waals surface area contributed by atoms with E-state index in [1.165, 1.54) is 6.20 Å². The van der Waals surface area contributed by atoms with Gasteiger partial charge in [-0.05, 0) is 49.4 Å². The van der Waals surface area contributed by atoms with Crippen LogP contribution in [0.5, 0.6) is 0 Å². The lowest BCUT2D eigenvalue weighted by Crippen LogP contribution is -2.40. The van der Waals surface area contributed by atoms with Crippen LogP contribution in [0.25, 0.3) is 0 Å². The second-order valence-corrected chi connectivity index (χ2v) is 10.6. The van der Waals surface area contributed by atoms with Crippen molar-refractivity contribution in [3.05, 3.63) is 53.9 Å². The molecule has 0 spiro atoms. The Morgan fingerprint density at radius 2 is 2.03 bits per heavy atom. The minimum absolute atomic E-state index is 0.0510. The summed E-state index contributed by atoms with van der Waals surface area (Å²) in [6, 6.07) is 3.00. The van der Waals surface area contributed by atoms with Crippen molar-refractivity contribution in [3.63, 3.8) is 0 Å². The lowest BCUT2D eigenvalue weighted by Gasteiger charge is -2.35. The number of piperidine rings is 1. The molecule has 0 aromatic carbocycles. The summed E-state index contributed by atoms with van der Waals surface area (Å²) in [5.74, 6) is -0.229. The van der Waals surface area contributed by atoms with Crippen LogP contribution in [0.2, 0.25) is 0 Å². The zero-order valence-corrected chi connectivity index (χ0v) is 20.8. The van der Waals surface area contributed by atoms with Crippen LogP contribution in [0, 0.1) is 0 Å². The number of fused-ring (bicyclic) bond motifs is 3. The Balaban J connectivity index is 1.23. The number of Topliss-reactive ketones (excluding diaryl/α,β-unsaturated/α-hetero) is 1.